The monoisotopic (exact) mass is 244 g/mol. The zero-order chi connectivity index (χ0) is 12.4. The molecule has 1 saturated heterocycles. The van der Waals surface area contributed by atoms with Gasteiger partial charge >= 0.3 is 0 Å². The Kier molecular flexibility index (Phi) is 3.06. The molecule has 3 rings (SSSR count). The van der Waals surface area contributed by atoms with E-state index in [1.807, 2.05) is 13.0 Å². The molecule has 1 fully saturated rings. The maximum absolute atomic E-state index is 5.38. The standard InChI is InChI=1S/C13H16N4O/c1-9-4-6-15-8-11(9)12-16-13(18-17-12)10-3-2-5-14-7-10/h4,6,8,10,14H,2-3,5,7H2,1H3/t10-/m0/s1. The lowest BCUT2D eigenvalue weighted by molar-refractivity contribution is 0.322. The fourth-order valence-corrected chi connectivity index (χ4v) is 2.27. The zero-order valence-electron chi connectivity index (χ0n) is 10.4. The van der Waals surface area contributed by atoms with Crippen LogP contribution in [-0.2, 0) is 0 Å². The lowest BCUT2D eigenvalue weighted by Crippen LogP contribution is -2.28. The van der Waals surface area contributed by atoms with Crippen LogP contribution in [-0.4, -0.2) is 28.2 Å². The minimum absolute atomic E-state index is 0.344. The third kappa shape index (κ3) is 2.13. The summed E-state index contributed by atoms with van der Waals surface area (Å²) < 4.78 is 5.38. The lowest BCUT2D eigenvalue weighted by Gasteiger charge is -2.18. The lowest BCUT2D eigenvalue weighted by atomic mass is 10.00. The van der Waals surface area contributed by atoms with E-state index in [0.29, 0.717) is 11.7 Å². The Hall–Kier alpha value is -1.75. The van der Waals surface area contributed by atoms with Crippen LogP contribution < -0.4 is 5.32 Å². The van der Waals surface area contributed by atoms with Crippen LogP contribution in [0.4, 0.5) is 0 Å². The molecule has 2 aromatic heterocycles. The van der Waals surface area contributed by atoms with Gasteiger partial charge in [0.1, 0.15) is 0 Å². The Morgan fingerprint density at radius 3 is 3.17 bits per heavy atom. The molecule has 0 saturated carbocycles. The van der Waals surface area contributed by atoms with Crippen LogP contribution in [0.3, 0.4) is 0 Å². The van der Waals surface area contributed by atoms with E-state index < -0.39 is 0 Å². The molecule has 0 amide bonds. The van der Waals surface area contributed by atoms with Crippen LogP contribution in [0.5, 0.6) is 0 Å². The van der Waals surface area contributed by atoms with E-state index in [1.54, 1.807) is 12.4 Å². The smallest absolute Gasteiger partial charge is 0.231 e. The predicted octanol–water partition coefficient (Wildman–Crippen LogP) is 1.91. The van der Waals surface area contributed by atoms with Gasteiger partial charge in [-0.15, -0.1) is 0 Å². The molecule has 3 heterocycles. The Balaban J connectivity index is 1.87. The Morgan fingerprint density at radius 2 is 2.39 bits per heavy atom. The van der Waals surface area contributed by atoms with Gasteiger partial charge in [0, 0.05) is 24.5 Å². The summed E-state index contributed by atoms with van der Waals surface area (Å²) in [6.07, 6.45) is 5.82. The Morgan fingerprint density at radius 1 is 1.44 bits per heavy atom. The average Bonchev–Trinajstić information content (AvgIpc) is 2.90. The fourth-order valence-electron chi connectivity index (χ4n) is 2.27. The quantitative estimate of drug-likeness (QED) is 0.874. The van der Waals surface area contributed by atoms with Crippen molar-refractivity contribution in [2.45, 2.75) is 25.7 Å². The third-order valence-corrected chi connectivity index (χ3v) is 3.37. The van der Waals surface area contributed by atoms with E-state index in [4.69, 9.17) is 4.52 Å². The summed E-state index contributed by atoms with van der Waals surface area (Å²) >= 11 is 0. The van der Waals surface area contributed by atoms with Gasteiger partial charge in [-0.1, -0.05) is 5.16 Å². The summed E-state index contributed by atoms with van der Waals surface area (Å²) in [6.45, 7) is 4.03. The van der Waals surface area contributed by atoms with Crippen molar-refractivity contribution >= 4 is 0 Å². The largest absolute Gasteiger partial charge is 0.339 e. The van der Waals surface area contributed by atoms with Gasteiger partial charge in [0.15, 0.2) is 0 Å². The van der Waals surface area contributed by atoms with Gasteiger partial charge in [-0.3, -0.25) is 4.98 Å². The van der Waals surface area contributed by atoms with Crippen LogP contribution in [0, 0.1) is 6.92 Å². The van der Waals surface area contributed by atoms with E-state index in [2.05, 4.69) is 20.4 Å². The number of rotatable bonds is 2. The van der Waals surface area contributed by atoms with Gasteiger partial charge in [0.25, 0.3) is 0 Å². The number of piperidine rings is 1. The molecule has 0 aromatic carbocycles. The van der Waals surface area contributed by atoms with Crippen LogP contribution in [0.2, 0.25) is 0 Å². The van der Waals surface area contributed by atoms with Crippen LogP contribution >= 0.6 is 0 Å². The molecule has 5 heteroatoms. The van der Waals surface area contributed by atoms with Crippen molar-refractivity contribution in [1.29, 1.82) is 0 Å². The molecule has 1 aliphatic rings. The average molecular weight is 244 g/mol. The van der Waals surface area contributed by atoms with E-state index in [0.717, 1.165) is 42.9 Å². The van der Waals surface area contributed by atoms with Gasteiger partial charge in [0.05, 0.1) is 5.92 Å². The molecule has 0 radical (unpaired) electrons. The minimum Gasteiger partial charge on any atom is -0.339 e. The fraction of sp³-hybridized carbons (Fsp3) is 0.462. The van der Waals surface area contributed by atoms with E-state index >= 15 is 0 Å². The topological polar surface area (TPSA) is 63.8 Å². The maximum Gasteiger partial charge on any atom is 0.231 e. The zero-order valence-corrected chi connectivity index (χ0v) is 10.4. The highest BCUT2D eigenvalue weighted by molar-refractivity contribution is 5.57. The van der Waals surface area contributed by atoms with Crippen molar-refractivity contribution in [3.8, 4) is 11.4 Å². The van der Waals surface area contributed by atoms with Crippen molar-refractivity contribution in [1.82, 2.24) is 20.4 Å². The molecule has 0 aliphatic carbocycles. The first-order valence-corrected chi connectivity index (χ1v) is 6.30. The molecule has 94 valence electrons. The summed E-state index contributed by atoms with van der Waals surface area (Å²) in [7, 11) is 0. The SMILES string of the molecule is Cc1ccncc1-c1noc([C@H]2CCCNC2)n1. The van der Waals surface area contributed by atoms with Crippen LogP contribution in [0.25, 0.3) is 11.4 Å². The van der Waals surface area contributed by atoms with E-state index in [1.165, 1.54) is 0 Å². The number of hydrogen-bond donors (Lipinski definition) is 1. The first-order valence-electron chi connectivity index (χ1n) is 6.30. The van der Waals surface area contributed by atoms with Gasteiger partial charge < -0.3 is 9.84 Å². The van der Waals surface area contributed by atoms with E-state index in [-0.39, 0.29) is 0 Å². The minimum atomic E-state index is 0.344. The Labute approximate surface area is 106 Å². The highest BCUT2D eigenvalue weighted by Crippen LogP contribution is 2.25. The highest BCUT2D eigenvalue weighted by Gasteiger charge is 2.22. The summed E-state index contributed by atoms with van der Waals surface area (Å²) in [5, 5.41) is 7.42. The first kappa shape index (κ1) is 11.3. The second kappa shape index (κ2) is 4.86. The normalized spacial score (nSPS) is 19.9. The van der Waals surface area contributed by atoms with Crippen LogP contribution in [0.1, 0.15) is 30.2 Å². The second-order valence-corrected chi connectivity index (χ2v) is 4.69. The number of nitrogens with zero attached hydrogens (tertiary/aromatic N) is 3. The molecular formula is C13H16N4O. The first-order chi connectivity index (χ1) is 8.84. The van der Waals surface area contributed by atoms with Crippen molar-refractivity contribution in [3.63, 3.8) is 0 Å². The molecule has 0 spiro atoms. The molecule has 1 atom stereocenters. The number of hydrogen-bond acceptors (Lipinski definition) is 5. The number of aromatic nitrogens is 3. The molecule has 18 heavy (non-hydrogen) atoms. The molecule has 1 aliphatic heterocycles. The van der Waals surface area contributed by atoms with Crippen molar-refractivity contribution in [2.75, 3.05) is 13.1 Å². The third-order valence-electron chi connectivity index (χ3n) is 3.37. The van der Waals surface area contributed by atoms with Crippen molar-refractivity contribution < 1.29 is 4.52 Å². The van der Waals surface area contributed by atoms with Gasteiger partial charge in [-0.2, -0.15) is 4.98 Å². The van der Waals surface area contributed by atoms with Gasteiger partial charge in [-0.25, -0.2) is 0 Å². The number of pyridine rings is 1. The predicted molar refractivity (Wildman–Crippen MR) is 67.1 cm³/mol. The maximum atomic E-state index is 5.38. The second-order valence-electron chi connectivity index (χ2n) is 4.69. The molecule has 0 bridgehead atoms. The van der Waals surface area contributed by atoms with Crippen molar-refractivity contribution in [3.05, 3.63) is 29.9 Å². The van der Waals surface area contributed by atoms with Crippen molar-refractivity contribution in [2.24, 2.45) is 0 Å². The Bertz CT molecular complexity index is 531. The summed E-state index contributed by atoms with van der Waals surface area (Å²) in [6, 6.07) is 1.95. The van der Waals surface area contributed by atoms with Crippen LogP contribution in [0.15, 0.2) is 23.0 Å². The molecular weight excluding hydrogens is 228 g/mol. The molecule has 0 unspecified atom stereocenters. The van der Waals surface area contributed by atoms with Gasteiger partial charge in [0.2, 0.25) is 11.7 Å². The summed E-state index contributed by atoms with van der Waals surface area (Å²) in [5.41, 5.74) is 2.05. The highest BCUT2D eigenvalue weighted by atomic mass is 16.5. The molecule has 2 aromatic rings. The molecule has 1 N–H and O–H groups in total. The molecule has 5 nitrogen and oxygen atoms in total. The summed E-state index contributed by atoms with van der Waals surface area (Å²) in [5.74, 6) is 1.72. The summed E-state index contributed by atoms with van der Waals surface area (Å²) in [4.78, 5) is 8.62. The number of aryl methyl sites for hydroxylation is 1. The number of nitrogens with one attached hydrogen (secondary N) is 1. The van der Waals surface area contributed by atoms with Gasteiger partial charge in [-0.05, 0) is 37.9 Å². The van der Waals surface area contributed by atoms with E-state index in [9.17, 15) is 0 Å².